The fourth-order valence-electron chi connectivity index (χ4n) is 2.47. The Morgan fingerprint density at radius 1 is 0.923 bits per heavy atom. The van der Waals surface area contributed by atoms with Crippen molar-refractivity contribution in [1.29, 1.82) is 0 Å². The Morgan fingerprint density at radius 2 is 1.62 bits per heavy atom. The zero-order chi connectivity index (χ0) is 18.4. The lowest BCUT2D eigenvalue weighted by Gasteiger charge is -2.18. The van der Waals surface area contributed by atoms with E-state index >= 15 is 0 Å². The number of benzene rings is 3. The average Bonchev–Trinajstić information content (AvgIpc) is 2.67. The molecular formula is C21H20BrNO3. The van der Waals surface area contributed by atoms with Crippen LogP contribution in [0.25, 0.3) is 10.8 Å². The second kappa shape index (κ2) is 8.72. The summed E-state index contributed by atoms with van der Waals surface area (Å²) in [5.41, 5.74) is 0. The maximum atomic E-state index is 12.2. The molecule has 5 heteroatoms. The Labute approximate surface area is 161 Å². The van der Waals surface area contributed by atoms with Crippen LogP contribution in [0.4, 0.5) is 0 Å². The molecule has 0 aromatic heterocycles. The van der Waals surface area contributed by atoms with Crippen LogP contribution in [0.1, 0.15) is 0 Å². The van der Waals surface area contributed by atoms with Crippen molar-refractivity contribution >= 4 is 32.6 Å². The van der Waals surface area contributed by atoms with Gasteiger partial charge in [0.1, 0.15) is 18.1 Å². The van der Waals surface area contributed by atoms with Gasteiger partial charge in [0.15, 0.2) is 6.61 Å². The minimum absolute atomic E-state index is 0.00707. The van der Waals surface area contributed by atoms with Crippen molar-refractivity contribution in [2.45, 2.75) is 0 Å². The molecule has 3 aromatic carbocycles. The lowest BCUT2D eigenvalue weighted by Crippen LogP contribution is -2.34. The number of amides is 1. The van der Waals surface area contributed by atoms with Crippen LogP contribution < -0.4 is 9.47 Å². The van der Waals surface area contributed by atoms with Crippen molar-refractivity contribution in [2.75, 3.05) is 26.8 Å². The summed E-state index contributed by atoms with van der Waals surface area (Å²) in [6, 6.07) is 21.5. The Morgan fingerprint density at radius 3 is 2.38 bits per heavy atom. The standard InChI is InChI=1S/C21H20BrNO3/c1-23(12-13-25-19-10-7-18(22)8-11-19)21(24)15-26-20-9-6-16-4-2-3-5-17(16)14-20/h2-11,14H,12-13,15H2,1H3. The molecule has 0 bridgehead atoms. The van der Waals surface area contributed by atoms with E-state index in [0.717, 1.165) is 21.0 Å². The van der Waals surface area contributed by atoms with Crippen LogP contribution in [0.15, 0.2) is 71.2 Å². The average molecular weight is 414 g/mol. The molecule has 0 atom stereocenters. The molecule has 134 valence electrons. The first-order valence-electron chi connectivity index (χ1n) is 8.36. The number of ether oxygens (including phenoxy) is 2. The van der Waals surface area contributed by atoms with E-state index < -0.39 is 0 Å². The summed E-state index contributed by atoms with van der Waals surface area (Å²) in [6.07, 6.45) is 0. The molecular weight excluding hydrogens is 394 g/mol. The van der Waals surface area contributed by atoms with Gasteiger partial charge in [0, 0.05) is 11.5 Å². The molecule has 0 aliphatic heterocycles. The minimum Gasteiger partial charge on any atom is -0.492 e. The van der Waals surface area contributed by atoms with E-state index in [9.17, 15) is 4.79 Å². The molecule has 0 aliphatic carbocycles. The Kier molecular flexibility index (Phi) is 6.12. The number of likely N-dealkylation sites (N-methyl/N-ethyl adjacent to an activating group) is 1. The number of hydrogen-bond donors (Lipinski definition) is 0. The molecule has 26 heavy (non-hydrogen) atoms. The first-order valence-corrected chi connectivity index (χ1v) is 9.15. The normalized spacial score (nSPS) is 10.5. The van der Waals surface area contributed by atoms with Crippen molar-refractivity contribution in [1.82, 2.24) is 4.90 Å². The van der Waals surface area contributed by atoms with Gasteiger partial charge in [-0.15, -0.1) is 0 Å². The van der Waals surface area contributed by atoms with Crippen molar-refractivity contribution in [3.63, 3.8) is 0 Å². The van der Waals surface area contributed by atoms with E-state index in [0.29, 0.717) is 18.9 Å². The third-order valence-corrected chi connectivity index (χ3v) is 4.55. The third kappa shape index (κ3) is 4.99. The molecule has 0 radical (unpaired) electrons. The highest BCUT2D eigenvalue weighted by Crippen LogP contribution is 2.20. The quantitative estimate of drug-likeness (QED) is 0.571. The number of hydrogen-bond acceptors (Lipinski definition) is 3. The number of rotatable bonds is 7. The smallest absolute Gasteiger partial charge is 0.260 e. The van der Waals surface area contributed by atoms with Gasteiger partial charge in [0.2, 0.25) is 0 Å². The molecule has 4 nitrogen and oxygen atoms in total. The topological polar surface area (TPSA) is 38.8 Å². The number of fused-ring (bicyclic) bond motifs is 1. The molecule has 3 rings (SSSR count). The second-order valence-corrected chi connectivity index (χ2v) is 6.83. The number of nitrogens with zero attached hydrogens (tertiary/aromatic N) is 1. The van der Waals surface area contributed by atoms with Gasteiger partial charge in [-0.2, -0.15) is 0 Å². The number of carbonyl (C=O) groups excluding carboxylic acids is 1. The van der Waals surface area contributed by atoms with Crippen molar-refractivity contribution in [3.05, 3.63) is 71.2 Å². The monoisotopic (exact) mass is 413 g/mol. The first-order chi connectivity index (χ1) is 12.6. The van der Waals surface area contributed by atoms with E-state index in [2.05, 4.69) is 15.9 Å². The molecule has 3 aromatic rings. The molecule has 0 saturated heterocycles. The van der Waals surface area contributed by atoms with Gasteiger partial charge in [0.25, 0.3) is 5.91 Å². The molecule has 0 saturated carbocycles. The summed E-state index contributed by atoms with van der Waals surface area (Å²) in [7, 11) is 1.75. The van der Waals surface area contributed by atoms with E-state index in [-0.39, 0.29) is 12.5 Å². The molecule has 0 unspecified atom stereocenters. The van der Waals surface area contributed by atoms with E-state index in [4.69, 9.17) is 9.47 Å². The zero-order valence-electron chi connectivity index (χ0n) is 14.5. The van der Waals surface area contributed by atoms with Gasteiger partial charge in [-0.05, 0) is 47.2 Å². The van der Waals surface area contributed by atoms with E-state index in [1.807, 2.05) is 66.7 Å². The van der Waals surface area contributed by atoms with E-state index in [1.165, 1.54) is 0 Å². The SMILES string of the molecule is CN(CCOc1ccc(Br)cc1)C(=O)COc1ccc2ccccc2c1. The van der Waals surface area contributed by atoms with Crippen molar-refractivity contribution in [2.24, 2.45) is 0 Å². The third-order valence-electron chi connectivity index (χ3n) is 4.02. The van der Waals surface area contributed by atoms with Crippen LogP contribution in [-0.4, -0.2) is 37.6 Å². The van der Waals surface area contributed by atoms with Gasteiger partial charge < -0.3 is 14.4 Å². The second-order valence-electron chi connectivity index (χ2n) is 5.92. The van der Waals surface area contributed by atoms with Crippen LogP contribution >= 0.6 is 15.9 Å². The molecule has 0 N–H and O–H groups in total. The van der Waals surface area contributed by atoms with Crippen LogP contribution in [-0.2, 0) is 4.79 Å². The summed E-state index contributed by atoms with van der Waals surface area (Å²) >= 11 is 3.38. The molecule has 0 fully saturated rings. The highest BCUT2D eigenvalue weighted by Gasteiger charge is 2.10. The summed E-state index contributed by atoms with van der Waals surface area (Å²) in [4.78, 5) is 13.8. The molecule has 0 heterocycles. The van der Waals surface area contributed by atoms with Crippen LogP contribution in [0.3, 0.4) is 0 Å². The number of carbonyl (C=O) groups is 1. The highest BCUT2D eigenvalue weighted by atomic mass is 79.9. The Hall–Kier alpha value is -2.53. The maximum absolute atomic E-state index is 12.2. The summed E-state index contributed by atoms with van der Waals surface area (Å²) in [6.45, 7) is 0.933. The van der Waals surface area contributed by atoms with Gasteiger partial charge in [0.05, 0.1) is 6.54 Å². The number of halogens is 1. The molecule has 0 aliphatic rings. The fraction of sp³-hybridized carbons (Fsp3) is 0.190. The van der Waals surface area contributed by atoms with Crippen molar-refractivity contribution in [3.8, 4) is 11.5 Å². The van der Waals surface area contributed by atoms with Crippen molar-refractivity contribution < 1.29 is 14.3 Å². The first kappa shape index (κ1) is 18.3. The highest BCUT2D eigenvalue weighted by molar-refractivity contribution is 9.10. The molecule has 1 amide bonds. The van der Waals surface area contributed by atoms with Gasteiger partial charge >= 0.3 is 0 Å². The van der Waals surface area contributed by atoms with Crippen LogP contribution in [0.2, 0.25) is 0 Å². The minimum atomic E-state index is -0.0856. The predicted molar refractivity (Wildman–Crippen MR) is 107 cm³/mol. The zero-order valence-corrected chi connectivity index (χ0v) is 16.1. The Balaban J connectivity index is 1.45. The summed E-state index contributed by atoms with van der Waals surface area (Å²) < 4.78 is 12.3. The lowest BCUT2D eigenvalue weighted by atomic mass is 10.1. The summed E-state index contributed by atoms with van der Waals surface area (Å²) in [5.74, 6) is 1.38. The van der Waals surface area contributed by atoms with Gasteiger partial charge in [-0.3, -0.25) is 4.79 Å². The van der Waals surface area contributed by atoms with Crippen LogP contribution in [0.5, 0.6) is 11.5 Å². The maximum Gasteiger partial charge on any atom is 0.260 e. The summed E-state index contributed by atoms with van der Waals surface area (Å²) in [5, 5.41) is 2.24. The lowest BCUT2D eigenvalue weighted by molar-refractivity contribution is -0.132. The van der Waals surface area contributed by atoms with Gasteiger partial charge in [-0.25, -0.2) is 0 Å². The van der Waals surface area contributed by atoms with Gasteiger partial charge in [-0.1, -0.05) is 46.3 Å². The predicted octanol–water partition coefficient (Wildman–Crippen LogP) is 4.52. The fourth-order valence-corrected chi connectivity index (χ4v) is 2.73. The van der Waals surface area contributed by atoms with E-state index in [1.54, 1.807) is 11.9 Å². The largest absolute Gasteiger partial charge is 0.492 e. The molecule has 0 spiro atoms. The Bertz CT molecular complexity index is 880. The van der Waals surface area contributed by atoms with Crippen LogP contribution in [0, 0.1) is 0 Å².